The molecule has 1 amide bonds. The van der Waals surface area contributed by atoms with Crippen LogP contribution in [0.1, 0.15) is 39.5 Å². The summed E-state index contributed by atoms with van der Waals surface area (Å²) in [5, 5.41) is 13.3. The predicted molar refractivity (Wildman–Crippen MR) is 75.0 cm³/mol. The van der Waals surface area contributed by atoms with Crippen molar-refractivity contribution in [2.24, 2.45) is 0 Å². The van der Waals surface area contributed by atoms with Gasteiger partial charge in [0.25, 0.3) is 0 Å². The van der Waals surface area contributed by atoms with Gasteiger partial charge in [0.2, 0.25) is 5.91 Å². The first-order valence-corrected chi connectivity index (χ1v) is 7.39. The van der Waals surface area contributed by atoms with Gasteiger partial charge in [-0.2, -0.15) is 0 Å². The number of hydrogen-bond donors (Lipinski definition) is 2. The zero-order valence-electron chi connectivity index (χ0n) is 12.3. The van der Waals surface area contributed by atoms with E-state index in [0.717, 1.165) is 38.8 Å². The lowest BCUT2D eigenvalue weighted by molar-refractivity contribution is -0.124. The topological polar surface area (TPSA) is 61.8 Å². The van der Waals surface area contributed by atoms with Crippen molar-refractivity contribution in [2.45, 2.75) is 45.1 Å². The molecule has 19 heavy (non-hydrogen) atoms. The zero-order chi connectivity index (χ0) is 14.1. The molecule has 112 valence electrons. The van der Waals surface area contributed by atoms with E-state index in [2.05, 4.69) is 24.1 Å². The highest BCUT2D eigenvalue weighted by Gasteiger charge is 2.25. The molecule has 5 nitrogen and oxygen atoms in total. The molecular formula is C14H28N2O3. The van der Waals surface area contributed by atoms with Gasteiger partial charge in [-0.15, -0.1) is 0 Å². The molecule has 0 aromatic rings. The lowest BCUT2D eigenvalue weighted by atomic mass is 9.92. The van der Waals surface area contributed by atoms with Crippen molar-refractivity contribution in [3.05, 3.63) is 0 Å². The number of carbonyl (C=O) groups is 1. The Morgan fingerprint density at radius 1 is 1.26 bits per heavy atom. The molecule has 1 aliphatic rings. The lowest BCUT2D eigenvalue weighted by Gasteiger charge is -2.29. The number of aliphatic hydroxyl groups is 1. The molecule has 1 rings (SSSR count). The van der Waals surface area contributed by atoms with Crippen LogP contribution in [0.5, 0.6) is 0 Å². The predicted octanol–water partition coefficient (Wildman–Crippen LogP) is 0.766. The third kappa shape index (κ3) is 6.36. The molecule has 0 aliphatic carbocycles. The third-order valence-corrected chi connectivity index (χ3v) is 3.52. The van der Waals surface area contributed by atoms with Crippen molar-refractivity contribution in [2.75, 3.05) is 39.4 Å². The van der Waals surface area contributed by atoms with Crippen molar-refractivity contribution in [3.63, 3.8) is 0 Å². The number of nitrogens with zero attached hydrogens (tertiary/aromatic N) is 1. The first-order chi connectivity index (χ1) is 9.09. The van der Waals surface area contributed by atoms with E-state index in [1.165, 1.54) is 0 Å². The van der Waals surface area contributed by atoms with Crippen LogP contribution in [-0.2, 0) is 9.53 Å². The maximum atomic E-state index is 11.9. The van der Waals surface area contributed by atoms with E-state index in [0.29, 0.717) is 26.3 Å². The smallest absolute Gasteiger partial charge is 0.234 e. The fourth-order valence-corrected chi connectivity index (χ4v) is 2.51. The summed E-state index contributed by atoms with van der Waals surface area (Å²) in [6, 6.07) is 0. The van der Waals surface area contributed by atoms with Gasteiger partial charge in [-0.05, 0) is 12.8 Å². The maximum Gasteiger partial charge on any atom is 0.234 e. The summed E-state index contributed by atoms with van der Waals surface area (Å²) in [6.07, 6.45) is 3.32. The van der Waals surface area contributed by atoms with Crippen LogP contribution in [-0.4, -0.2) is 60.9 Å². The minimum Gasteiger partial charge on any atom is -0.388 e. The van der Waals surface area contributed by atoms with Crippen LogP contribution in [0.15, 0.2) is 0 Å². The van der Waals surface area contributed by atoms with Gasteiger partial charge >= 0.3 is 0 Å². The van der Waals surface area contributed by atoms with E-state index >= 15 is 0 Å². The van der Waals surface area contributed by atoms with E-state index in [1.54, 1.807) is 0 Å². The Balaban J connectivity index is 2.30. The Kier molecular flexibility index (Phi) is 7.34. The quantitative estimate of drug-likeness (QED) is 0.685. The minimum atomic E-state index is -0.746. The van der Waals surface area contributed by atoms with E-state index in [9.17, 15) is 9.90 Å². The standard InChI is InChI=1S/C14H28N2O3/c1-3-5-14(18,6-4-2)12-15-13(17)11-16-7-9-19-10-8-16/h18H,3-12H2,1-2H3,(H,15,17). The average Bonchev–Trinajstić information content (AvgIpc) is 2.38. The van der Waals surface area contributed by atoms with Gasteiger partial charge < -0.3 is 15.2 Å². The highest BCUT2D eigenvalue weighted by molar-refractivity contribution is 5.78. The van der Waals surface area contributed by atoms with Crippen LogP contribution >= 0.6 is 0 Å². The molecular weight excluding hydrogens is 244 g/mol. The van der Waals surface area contributed by atoms with Crippen LogP contribution in [0.25, 0.3) is 0 Å². The van der Waals surface area contributed by atoms with Gasteiger partial charge in [-0.3, -0.25) is 9.69 Å². The van der Waals surface area contributed by atoms with E-state index < -0.39 is 5.60 Å². The van der Waals surface area contributed by atoms with Crippen LogP contribution in [0, 0.1) is 0 Å². The molecule has 0 atom stereocenters. The second kappa shape index (κ2) is 8.51. The lowest BCUT2D eigenvalue weighted by Crippen LogP contribution is -2.47. The molecule has 0 bridgehead atoms. The van der Waals surface area contributed by atoms with E-state index in [4.69, 9.17) is 4.74 Å². The van der Waals surface area contributed by atoms with Crippen molar-refractivity contribution < 1.29 is 14.6 Å². The monoisotopic (exact) mass is 272 g/mol. The van der Waals surface area contributed by atoms with Crippen molar-refractivity contribution in [1.29, 1.82) is 0 Å². The zero-order valence-corrected chi connectivity index (χ0v) is 12.3. The first kappa shape index (κ1) is 16.4. The number of rotatable bonds is 8. The Bertz CT molecular complexity index is 259. The summed E-state index contributed by atoms with van der Waals surface area (Å²) in [4.78, 5) is 13.9. The molecule has 0 aromatic heterocycles. The summed E-state index contributed by atoms with van der Waals surface area (Å²) in [7, 11) is 0. The summed E-state index contributed by atoms with van der Waals surface area (Å²) in [6.45, 7) is 7.87. The van der Waals surface area contributed by atoms with Gasteiger partial charge in [0.1, 0.15) is 0 Å². The highest BCUT2D eigenvalue weighted by Crippen LogP contribution is 2.18. The minimum absolute atomic E-state index is 0.00692. The van der Waals surface area contributed by atoms with Crippen molar-refractivity contribution >= 4 is 5.91 Å². The van der Waals surface area contributed by atoms with Crippen molar-refractivity contribution in [3.8, 4) is 0 Å². The first-order valence-electron chi connectivity index (χ1n) is 7.39. The Morgan fingerprint density at radius 3 is 2.37 bits per heavy atom. The van der Waals surface area contributed by atoms with Gasteiger partial charge in [-0.1, -0.05) is 26.7 Å². The van der Waals surface area contributed by atoms with Crippen LogP contribution in [0.2, 0.25) is 0 Å². The molecule has 2 N–H and O–H groups in total. The van der Waals surface area contributed by atoms with E-state index in [1.807, 2.05) is 0 Å². The summed E-state index contributed by atoms with van der Waals surface area (Å²) in [5.74, 6) is -0.00692. The Hall–Kier alpha value is -0.650. The van der Waals surface area contributed by atoms with Gasteiger partial charge in [-0.25, -0.2) is 0 Å². The van der Waals surface area contributed by atoms with Crippen LogP contribution in [0.4, 0.5) is 0 Å². The van der Waals surface area contributed by atoms with Gasteiger partial charge in [0.05, 0.1) is 25.4 Å². The number of morpholine rings is 1. The van der Waals surface area contributed by atoms with Crippen LogP contribution in [0.3, 0.4) is 0 Å². The summed E-state index contributed by atoms with van der Waals surface area (Å²) in [5.41, 5.74) is -0.746. The van der Waals surface area contributed by atoms with Crippen LogP contribution < -0.4 is 5.32 Å². The highest BCUT2D eigenvalue weighted by atomic mass is 16.5. The van der Waals surface area contributed by atoms with E-state index in [-0.39, 0.29) is 5.91 Å². The number of amides is 1. The van der Waals surface area contributed by atoms with Gasteiger partial charge in [0, 0.05) is 19.6 Å². The molecule has 0 spiro atoms. The fourth-order valence-electron chi connectivity index (χ4n) is 2.51. The molecule has 1 aliphatic heterocycles. The molecule has 0 saturated carbocycles. The number of ether oxygens (including phenoxy) is 1. The molecule has 1 saturated heterocycles. The average molecular weight is 272 g/mol. The Labute approximate surface area is 116 Å². The number of hydrogen-bond acceptors (Lipinski definition) is 4. The summed E-state index contributed by atoms with van der Waals surface area (Å²) >= 11 is 0. The fraction of sp³-hybridized carbons (Fsp3) is 0.929. The molecule has 0 aromatic carbocycles. The molecule has 1 fully saturated rings. The number of nitrogens with one attached hydrogen (secondary N) is 1. The second-order valence-electron chi connectivity index (χ2n) is 5.39. The summed E-state index contributed by atoms with van der Waals surface area (Å²) < 4.78 is 5.25. The van der Waals surface area contributed by atoms with Gasteiger partial charge in [0.15, 0.2) is 0 Å². The SMILES string of the molecule is CCCC(O)(CCC)CNC(=O)CN1CCOCC1. The second-order valence-corrected chi connectivity index (χ2v) is 5.39. The normalized spacial score (nSPS) is 17.4. The third-order valence-electron chi connectivity index (χ3n) is 3.52. The molecule has 1 heterocycles. The largest absolute Gasteiger partial charge is 0.388 e. The molecule has 0 unspecified atom stereocenters. The maximum absolute atomic E-state index is 11.9. The molecule has 5 heteroatoms. The molecule has 0 radical (unpaired) electrons. The number of carbonyl (C=O) groups excluding carboxylic acids is 1. The van der Waals surface area contributed by atoms with Crippen molar-refractivity contribution in [1.82, 2.24) is 10.2 Å². The Morgan fingerprint density at radius 2 is 1.84 bits per heavy atom.